The van der Waals surface area contributed by atoms with Gasteiger partial charge >= 0.3 is 12.1 Å². The summed E-state index contributed by atoms with van der Waals surface area (Å²) in [5, 5.41) is 8.80. The van der Waals surface area contributed by atoms with E-state index in [9.17, 15) is 9.59 Å². The Bertz CT molecular complexity index is 446. The molecule has 1 N–H and O–H groups in total. The number of likely N-dealkylation sites (tertiary alicyclic amines) is 1. The third-order valence-corrected chi connectivity index (χ3v) is 4.12. The van der Waals surface area contributed by atoms with Gasteiger partial charge in [0.05, 0.1) is 26.9 Å². The van der Waals surface area contributed by atoms with Crippen LogP contribution in [0.15, 0.2) is 0 Å². The van der Waals surface area contributed by atoms with Gasteiger partial charge in [-0.15, -0.1) is 0 Å². The predicted octanol–water partition coefficient (Wildman–Crippen LogP) is 0.936. The standard InChI is InChI=1S/C15H25NO6/c1-14(2,3)22-13(19)16-10(12(18)20-4)7-15(8-11(15)16)9-21-6-5-17/h10-11,17H,5-9H2,1-4H3/t10-,11-,15+/m0/s1. The molecular formula is C15H25NO6. The van der Waals surface area contributed by atoms with E-state index in [4.69, 9.17) is 19.3 Å². The van der Waals surface area contributed by atoms with Crippen molar-refractivity contribution >= 4 is 12.1 Å². The molecule has 1 saturated carbocycles. The molecule has 0 spiro atoms. The van der Waals surface area contributed by atoms with Crippen molar-refractivity contribution in [3.63, 3.8) is 0 Å². The average Bonchev–Trinajstić information content (AvgIpc) is 3.01. The van der Waals surface area contributed by atoms with Crippen LogP contribution < -0.4 is 0 Å². The SMILES string of the molecule is COC(=O)[C@@H]1C[C@]2(COCCO)C[C@@H]2N1C(=O)OC(C)(C)C. The minimum atomic E-state index is -0.628. The first-order valence-electron chi connectivity index (χ1n) is 7.52. The number of fused-ring (bicyclic) bond motifs is 1. The van der Waals surface area contributed by atoms with Crippen molar-refractivity contribution in [2.75, 3.05) is 26.9 Å². The summed E-state index contributed by atoms with van der Waals surface area (Å²) in [7, 11) is 1.31. The van der Waals surface area contributed by atoms with Gasteiger partial charge in [0.1, 0.15) is 11.6 Å². The highest BCUT2D eigenvalue weighted by atomic mass is 16.6. The summed E-state index contributed by atoms with van der Waals surface area (Å²) < 4.78 is 15.6. The first-order valence-corrected chi connectivity index (χ1v) is 7.52. The van der Waals surface area contributed by atoms with E-state index >= 15 is 0 Å². The van der Waals surface area contributed by atoms with Gasteiger partial charge in [0.25, 0.3) is 0 Å². The minimum absolute atomic E-state index is 0.0447. The Morgan fingerprint density at radius 3 is 2.55 bits per heavy atom. The number of piperidine rings is 1. The quantitative estimate of drug-likeness (QED) is 0.600. The molecule has 0 aromatic heterocycles. The number of amides is 1. The first kappa shape index (κ1) is 17.0. The molecule has 0 bridgehead atoms. The van der Waals surface area contributed by atoms with E-state index in [0.29, 0.717) is 13.0 Å². The van der Waals surface area contributed by atoms with Gasteiger partial charge in [0, 0.05) is 11.5 Å². The molecule has 2 rings (SSSR count). The number of esters is 1. The van der Waals surface area contributed by atoms with Crippen molar-refractivity contribution in [2.24, 2.45) is 5.41 Å². The second-order valence-corrected chi connectivity index (χ2v) is 6.99. The van der Waals surface area contributed by atoms with Gasteiger partial charge in [-0.1, -0.05) is 0 Å². The third kappa shape index (κ3) is 3.35. The fraction of sp³-hybridized carbons (Fsp3) is 0.867. The zero-order valence-electron chi connectivity index (χ0n) is 13.6. The second kappa shape index (κ2) is 6.04. The van der Waals surface area contributed by atoms with E-state index in [2.05, 4.69) is 0 Å². The Labute approximate surface area is 130 Å². The van der Waals surface area contributed by atoms with Gasteiger partial charge in [-0.05, 0) is 33.6 Å². The molecule has 0 aromatic carbocycles. The molecule has 22 heavy (non-hydrogen) atoms. The number of carbonyl (C=O) groups excluding carboxylic acids is 2. The number of hydrogen-bond donors (Lipinski definition) is 1. The Kier molecular flexibility index (Phi) is 4.67. The van der Waals surface area contributed by atoms with Crippen molar-refractivity contribution in [3.8, 4) is 0 Å². The monoisotopic (exact) mass is 315 g/mol. The van der Waals surface area contributed by atoms with E-state index in [0.717, 1.165) is 6.42 Å². The van der Waals surface area contributed by atoms with Crippen molar-refractivity contribution in [1.29, 1.82) is 0 Å². The third-order valence-electron chi connectivity index (χ3n) is 4.12. The van der Waals surface area contributed by atoms with E-state index in [1.165, 1.54) is 12.0 Å². The fourth-order valence-corrected chi connectivity index (χ4v) is 3.10. The lowest BCUT2D eigenvalue weighted by Crippen LogP contribution is -2.46. The van der Waals surface area contributed by atoms with Crippen LogP contribution in [0.4, 0.5) is 4.79 Å². The van der Waals surface area contributed by atoms with Crippen LogP contribution in [0.5, 0.6) is 0 Å². The van der Waals surface area contributed by atoms with E-state index in [1.54, 1.807) is 20.8 Å². The minimum Gasteiger partial charge on any atom is -0.467 e. The molecule has 2 aliphatic rings. The normalized spacial score (nSPS) is 30.0. The highest BCUT2D eigenvalue weighted by Gasteiger charge is 2.68. The van der Waals surface area contributed by atoms with E-state index in [-0.39, 0.29) is 24.7 Å². The van der Waals surface area contributed by atoms with Gasteiger partial charge in [-0.25, -0.2) is 9.59 Å². The van der Waals surface area contributed by atoms with Gasteiger partial charge < -0.3 is 19.3 Å². The van der Waals surface area contributed by atoms with Crippen LogP contribution in [0, 0.1) is 5.41 Å². The number of aliphatic hydroxyl groups is 1. The summed E-state index contributed by atoms with van der Waals surface area (Å²) in [6.07, 6.45) is 0.801. The number of methoxy groups -OCH3 is 1. The number of nitrogens with zero attached hydrogens (tertiary/aromatic N) is 1. The van der Waals surface area contributed by atoms with Crippen LogP contribution in [0.1, 0.15) is 33.6 Å². The highest BCUT2D eigenvalue weighted by Crippen LogP contribution is 2.60. The van der Waals surface area contributed by atoms with Crippen LogP contribution >= 0.6 is 0 Å². The number of ether oxygens (including phenoxy) is 3. The summed E-state index contributed by atoms with van der Waals surface area (Å²) in [5.74, 6) is -0.431. The van der Waals surface area contributed by atoms with Crippen LogP contribution in [0.3, 0.4) is 0 Å². The molecule has 0 aromatic rings. The maximum Gasteiger partial charge on any atom is 0.411 e. The molecule has 1 amide bonds. The van der Waals surface area contributed by atoms with Crippen molar-refractivity contribution < 1.29 is 28.9 Å². The summed E-state index contributed by atoms with van der Waals surface area (Å²) in [4.78, 5) is 25.9. The van der Waals surface area contributed by atoms with E-state index < -0.39 is 23.7 Å². The molecule has 7 nitrogen and oxygen atoms in total. The first-order chi connectivity index (χ1) is 10.2. The molecule has 1 aliphatic heterocycles. The smallest absolute Gasteiger partial charge is 0.411 e. The second-order valence-electron chi connectivity index (χ2n) is 6.99. The lowest BCUT2D eigenvalue weighted by atomic mass is 10.0. The van der Waals surface area contributed by atoms with Gasteiger partial charge in [-0.2, -0.15) is 0 Å². The van der Waals surface area contributed by atoms with E-state index in [1.807, 2.05) is 0 Å². The fourth-order valence-electron chi connectivity index (χ4n) is 3.10. The zero-order chi connectivity index (χ0) is 16.5. The Morgan fingerprint density at radius 1 is 1.32 bits per heavy atom. The highest BCUT2D eigenvalue weighted by molar-refractivity contribution is 5.83. The molecular weight excluding hydrogens is 290 g/mol. The van der Waals surface area contributed by atoms with Crippen LogP contribution in [0.25, 0.3) is 0 Å². The van der Waals surface area contributed by atoms with Crippen molar-refractivity contribution in [1.82, 2.24) is 4.90 Å². The molecule has 2 fully saturated rings. The molecule has 1 aliphatic carbocycles. The zero-order valence-corrected chi connectivity index (χ0v) is 13.6. The molecule has 126 valence electrons. The summed E-state index contributed by atoms with van der Waals surface area (Å²) in [6, 6.07) is -0.693. The molecule has 1 heterocycles. The topological polar surface area (TPSA) is 85.3 Å². The summed E-state index contributed by atoms with van der Waals surface area (Å²) in [6.45, 7) is 6.00. The largest absolute Gasteiger partial charge is 0.467 e. The molecule has 3 atom stereocenters. The lowest BCUT2D eigenvalue weighted by molar-refractivity contribution is -0.146. The summed E-state index contributed by atoms with van der Waals surface area (Å²) >= 11 is 0. The number of rotatable bonds is 5. The molecule has 1 saturated heterocycles. The van der Waals surface area contributed by atoms with Gasteiger partial charge in [-0.3, -0.25) is 4.90 Å². The van der Waals surface area contributed by atoms with Gasteiger partial charge in [0.2, 0.25) is 0 Å². The Hall–Kier alpha value is -1.34. The maximum absolute atomic E-state index is 12.4. The Morgan fingerprint density at radius 2 is 2.00 bits per heavy atom. The average molecular weight is 315 g/mol. The number of carbonyl (C=O) groups is 2. The summed E-state index contributed by atoms with van der Waals surface area (Å²) in [5.41, 5.74) is -0.837. The predicted molar refractivity (Wildman–Crippen MR) is 77.2 cm³/mol. The van der Waals surface area contributed by atoms with Crippen molar-refractivity contribution in [2.45, 2.75) is 51.3 Å². The van der Waals surface area contributed by atoms with Crippen LogP contribution in [0.2, 0.25) is 0 Å². The van der Waals surface area contributed by atoms with Crippen molar-refractivity contribution in [3.05, 3.63) is 0 Å². The number of hydrogen-bond acceptors (Lipinski definition) is 6. The lowest BCUT2D eigenvalue weighted by Gasteiger charge is -2.29. The Balaban J connectivity index is 2.09. The molecule has 0 unspecified atom stereocenters. The number of aliphatic hydroxyl groups excluding tert-OH is 1. The molecule has 7 heteroatoms. The van der Waals surface area contributed by atoms with Crippen LogP contribution in [-0.2, 0) is 19.0 Å². The maximum atomic E-state index is 12.4. The molecule has 0 radical (unpaired) electrons. The van der Waals surface area contributed by atoms with Gasteiger partial charge in [0.15, 0.2) is 0 Å². The van der Waals surface area contributed by atoms with Crippen LogP contribution in [-0.4, -0.2) is 66.7 Å².